The number of anilines is 1. The molecule has 0 fully saturated rings. The summed E-state index contributed by atoms with van der Waals surface area (Å²) in [6.45, 7) is 6.31. The van der Waals surface area contributed by atoms with E-state index in [9.17, 15) is 9.59 Å². The largest absolute Gasteiger partial charge is 0.494 e. The summed E-state index contributed by atoms with van der Waals surface area (Å²) in [5.41, 5.74) is 1.73. The van der Waals surface area contributed by atoms with Crippen molar-refractivity contribution in [1.29, 1.82) is 0 Å². The summed E-state index contributed by atoms with van der Waals surface area (Å²) in [6, 6.07) is 13.8. The minimum atomic E-state index is -0.211. The summed E-state index contributed by atoms with van der Waals surface area (Å²) < 4.78 is 5.35. The zero-order valence-electron chi connectivity index (χ0n) is 14.1. The predicted molar refractivity (Wildman–Crippen MR) is 94.6 cm³/mol. The Hall–Kier alpha value is -2.82. The van der Waals surface area contributed by atoms with Crippen LogP contribution in [0.4, 0.5) is 5.69 Å². The van der Waals surface area contributed by atoms with Gasteiger partial charge < -0.3 is 15.4 Å². The third-order valence-corrected chi connectivity index (χ3v) is 3.25. The number of ether oxygens (including phenoxy) is 1. The molecule has 2 amide bonds. The van der Waals surface area contributed by atoms with Crippen LogP contribution in [0, 0.1) is 0 Å². The van der Waals surface area contributed by atoms with E-state index in [1.807, 2.05) is 20.8 Å². The van der Waals surface area contributed by atoms with Crippen molar-refractivity contribution in [2.45, 2.75) is 26.8 Å². The number of hydrogen-bond acceptors (Lipinski definition) is 3. The second kappa shape index (κ2) is 8.15. The highest BCUT2D eigenvalue weighted by Gasteiger charge is 2.09. The average Bonchev–Trinajstić information content (AvgIpc) is 2.56. The molecule has 2 aromatic carbocycles. The SMILES string of the molecule is CCOc1ccc(C(=O)Nc2ccc(C(=O)NC(C)C)cc2)cc1. The van der Waals surface area contributed by atoms with Crippen molar-refractivity contribution >= 4 is 17.5 Å². The second-order valence-electron chi connectivity index (χ2n) is 5.62. The number of amides is 2. The fourth-order valence-corrected chi connectivity index (χ4v) is 2.12. The van der Waals surface area contributed by atoms with E-state index >= 15 is 0 Å². The highest BCUT2D eigenvalue weighted by atomic mass is 16.5. The molecule has 5 nitrogen and oxygen atoms in total. The quantitative estimate of drug-likeness (QED) is 0.854. The third kappa shape index (κ3) is 4.84. The van der Waals surface area contributed by atoms with Crippen molar-refractivity contribution in [3.63, 3.8) is 0 Å². The van der Waals surface area contributed by atoms with Gasteiger partial charge in [-0.3, -0.25) is 9.59 Å². The van der Waals surface area contributed by atoms with Crippen LogP contribution in [-0.4, -0.2) is 24.5 Å². The summed E-state index contributed by atoms with van der Waals surface area (Å²) in [5, 5.41) is 5.63. The Kier molecular flexibility index (Phi) is 5.95. The molecular formula is C19H22N2O3. The lowest BCUT2D eigenvalue weighted by atomic mass is 10.1. The maximum atomic E-state index is 12.2. The highest BCUT2D eigenvalue weighted by molar-refractivity contribution is 6.04. The van der Waals surface area contributed by atoms with E-state index in [0.29, 0.717) is 23.4 Å². The van der Waals surface area contributed by atoms with E-state index in [-0.39, 0.29) is 17.9 Å². The molecular weight excluding hydrogens is 304 g/mol. The number of carbonyl (C=O) groups is 2. The molecule has 0 atom stereocenters. The Morgan fingerprint density at radius 2 is 1.46 bits per heavy atom. The fourth-order valence-electron chi connectivity index (χ4n) is 2.12. The van der Waals surface area contributed by atoms with Crippen molar-refractivity contribution in [3.05, 3.63) is 59.7 Å². The molecule has 0 saturated heterocycles. The standard InChI is InChI=1S/C19H22N2O3/c1-4-24-17-11-7-15(8-12-17)19(23)21-16-9-5-14(6-10-16)18(22)20-13(2)3/h5-13H,4H2,1-3H3,(H,20,22)(H,21,23). The topological polar surface area (TPSA) is 67.4 Å². The van der Waals surface area contributed by atoms with Crippen molar-refractivity contribution in [2.24, 2.45) is 0 Å². The molecule has 0 bridgehead atoms. The van der Waals surface area contributed by atoms with Crippen LogP contribution in [0.3, 0.4) is 0 Å². The van der Waals surface area contributed by atoms with E-state index in [4.69, 9.17) is 4.74 Å². The average molecular weight is 326 g/mol. The zero-order valence-corrected chi connectivity index (χ0v) is 14.1. The molecule has 0 radical (unpaired) electrons. The summed E-state index contributed by atoms with van der Waals surface area (Å²) in [5.74, 6) is 0.390. The Morgan fingerprint density at radius 3 is 2.00 bits per heavy atom. The van der Waals surface area contributed by atoms with Crippen LogP contribution >= 0.6 is 0 Å². The van der Waals surface area contributed by atoms with Crippen molar-refractivity contribution < 1.29 is 14.3 Å². The molecule has 2 rings (SSSR count). The molecule has 0 heterocycles. The maximum Gasteiger partial charge on any atom is 0.255 e. The van der Waals surface area contributed by atoms with Gasteiger partial charge in [-0.05, 0) is 69.3 Å². The molecule has 0 aromatic heterocycles. The number of benzene rings is 2. The molecule has 2 aromatic rings. The first-order valence-corrected chi connectivity index (χ1v) is 7.94. The first kappa shape index (κ1) is 17.5. The minimum Gasteiger partial charge on any atom is -0.494 e. The molecule has 126 valence electrons. The molecule has 2 N–H and O–H groups in total. The van der Waals surface area contributed by atoms with E-state index in [1.165, 1.54) is 0 Å². The van der Waals surface area contributed by atoms with Gasteiger partial charge in [0.1, 0.15) is 5.75 Å². The first-order chi connectivity index (χ1) is 11.5. The molecule has 24 heavy (non-hydrogen) atoms. The van der Waals surface area contributed by atoms with E-state index in [1.54, 1.807) is 48.5 Å². The van der Waals surface area contributed by atoms with Crippen molar-refractivity contribution in [2.75, 3.05) is 11.9 Å². The van der Waals surface area contributed by atoms with Gasteiger partial charge in [0.2, 0.25) is 0 Å². The van der Waals surface area contributed by atoms with Gasteiger partial charge in [0, 0.05) is 22.9 Å². The second-order valence-corrected chi connectivity index (χ2v) is 5.62. The van der Waals surface area contributed by atoms with Crippen LogP contribution < -0.4 is 15.4 Å². The summed E-state index contributed by atoms with van der Waals surface area (Å²) in [6.07, 6.45) is 0. The van der Waals surface area contributed by atoms with Gasteiger partial charge in [0.25, 0.3) is 11.8 Å². The summed E-state index contributed by atoms with van der Waals surface area (Å²) in [7, 11) is 0. The summed E-state index contributed by atoms with van der Waals surface area (Å²) >= 11 is 0. The fraction of sp³-hybridized carbons (Fsp3) is 0.263. The Morgan fingerprint density at radius 1 is 0.917 bits per heavy atom. The molecule has 0 aliphatic rings. The highest BCUT2D eigenvalue weighted by Crippen LogP contribution is 2.15. The number of carbonyl (C=O) groups excluding carboxylic acids is 2. The zero-order chi connectivity index (χ0) is 17.5. The van der Waals surface area contributed by atoms with Crippen LogP contribution in [0.2, 0.25) is 0 Å². The smallest absolute Gasteiger partial charge is 0.255 e. The summed E-state index contributed by atoms with van der Waals surface area (Å²) in [4.78, 5) is 24.1. The third-order valence-electron chi connectivity index (χ3n) is 3.25. The number of nitrogens with one attached hydrogen (secondary N) is 2. The Bertz CT molecular complexity index is 692. The minimum absolute atomic E-state index is 0.0801. The normalized spacial score (nSPS) is 10.3. The van der Waals surface area contributed by atoms with E-state index in [2.05, 4.69) is 10.6 Å². The van der Waals surface area contributed by atoms with Gasteiger partial charge in [0.15, 0.2) is 0 Å². The van der Waals surface area contributed by atoms with Gasteiger partial charge in [-0.25, -0.2) is 0 Å². The lowest BCUT2D eigenvalue weighted by molar-refractivity contribution is 0.0942. The van der Waals surface area contributed by atoms with Crippen LogP contribution in [0.1, 0.15) is 41.5 Å². The van der Waals surface area contributed by atoms with E-state index in [0.717, 1.165) is 5.75 Å². The van der Waals surface area contributed by atoms with Crippen LogP contribution in [-0.2, 0) is 0 Å². The van der Waals surface area contributed by atoms with E-state index < -0.39 is 0 Å². The van der Waals surface area contributed by atoms with Gasteiger partial charge in [-0.2, -0.15) is 0 Å². The predicted octanol–water partition coefficient (Wildman–Crippen LogP) is 3.48. The maximum absolute atomic E-state index is 12.2. The van der Waals surface area contributed by atoms with Gasteiger partial charge in [-0.15, -0.1) is 0 Å². The molecule has 0 unspecified atom stereocenters. The lowest BCUT2D eigenvalue weighted by Gasteiger charge is -2.10. The molecule has 0 spiro atoms. The molecule has 0 saturated carbocycles. The Labute approximate surface area is 142 Å². The number of rotatable bonds is 6. The molecule has 0 aliphatic heterocycles. The molecule has 0 aliphatic carbocycles. The van der Waals surface area contributed by atoms with Crippen LogP contribution in [0.5, 0.6) is 5.75 Å². The van der Waals surface area contributed by atoms with Crippen LogP contribution in [0.15, 0.2) is 48.5 Å². The van der Waals surface area contributed by atoms with Gasteiger partial charge in [0.05, 0.1) is 6.61 Å². The van der Waals surface area contributed by atoms with Crippen molar-refractivity contribution in [1.82, 2.24) is 5.32 Å². The first-order valence-electron chi connectivity index (χ1n) is 7.94. The van der Waals surface area contributed by atoms with Gasteiger partial charge in [-0.1, -0.05) is 0 Å². The molecule has 5 heteroatoms. The van der Waals surface area contributed by atoms with Crippen molar-refractivity contribution in [3.8, 4) is 5.75 Å². The van der Waals surface area contributed by atoms with Gasteiger partial charge >= 0.3 is 0 Å². The Balaban J connectivity index is 2.00. The number of hydrogen-bond donors (Lipinski definition) is 2. The monoisotopic (exact) mass is 326 g/mol. The van der Waals surface area contributed by atoms with Crippen LogP contribution in [0.25, 0.3) is 0 Å². The lowest BCUT2D eigenvalue weighted by Crippen LogP contribution is -2.30.